The molecule has 0 spiro atoms. The monoisotopic (exact) mass is 287 g/mol. The van der Waals surface area contributed by atoms with Crippen LogP contribution >= 0.6 is 0 Å². The first-order valence-corrected chi connectivity index (χ1v) is 7.19. The van der Waals surface area contributed by atoms with Gasteiger partial charge in [-0.25, -0.2) is 12.7 Å². The predicted molar refractivity (Wildman–Crippen MR) is 72.7 cm³/mol. The molecule has 0 aliphatic carbocycles. The van der Waals surface area contributed by atoms with E-state index in [-0.39, 0.29) is 16.3 Å². The van der Waals surface area contributed by atoms with Crippen molar-refractivity contribution in [3.63, 3.8) is 0 Å². The van der Waals surface area contributed by atoms with Crippen LogP contribution in [0.4, 0.5) is 11.4 Å². The minimum Gasteiger partial charge on any atom is -0.384 e. The maximum absolute atomic E-state index is 12.1. The molecule has 0 saturated carbocycles. The van der Waals surface area contributed by atoms with Crippen LogP contribution in [-0.4, -0.2) is 38.3 Å². The highest BCUT2D eigenvalue weighted by Crippen LogP contribution is 2.28. The second-order valence-electron chi connectivity index (χ2n) is 4.15. The van der Waals surface area contributed by atoms with Crippen LogP contribution in [0.3, 0.4) is 0 Å². The molecule has 0 heterocycles. The van der Waals surface area contributed by atoms with E-state index < -0.39 is 14.9 Å². The Kier molecular flexibility index (Phi) is 4.84. The fourth-order valence-electron chi connectivity index (χ4n) is 1.45. The normalized spacial score (nSPS) is 11.6. The highest BCUT2D eigenvalue weighted by Gasteiger charge is 2.23. The van der Waals surface area contributed by atoms with E-state index in [9.17, 15) is 18.5 Å². The van der Waals surface area contributed by atoms with E-state index >= 15 is 0 Å². The number of nitro benzene ring substituents is 1. The van der Waals surface area contributed by atoms with Crippen molar-refractivity contribution in [3.8, 4) is 0 Å². The minimum atomic E-state index is -3.63. The average Bonchev–Trinajstić information content (AvgIpc) is 2.35. The minimum absolute atomic E-state index is 0.0385. The molecule has 7 nitrogen and oxygen atoms in total. The first-order chi connectivity index (χ1) is 8.80. The molecule has 0 unspecified atom stereocenters. The molecule has 1 N–H and O–H groups in total. The average molecular weight is 287 g/mol. The van der Waals surface area contributed by atoms with Gasteiger partial charge in [0.25, 0.3) is 5.69 Å². The first kappa shape index (κ1) is 15.4. The van der Waals surface area contributed by atoms with Crippen molar-refractivity contribution in [2.75, 3.05) is 26.0 Å². The molecule has 0 atom stereocenters. The molecule has 0 bridgehead atoms. The second kappa shape index (κ2) is 5.98. The number of hydrogen-bond acceptors (Lipinski definition) is 5. The third kappa shape index (κ3) is 3.42. The summed E-state index contributed by atoms with van der Waals surface area (Å²) in [4.78, 5) is 10.2. The summed E-state index contributed by atoms with van der Waals surface area (Å²) in [6, 6.07) is 3.69. The van der Waals surface area contributed by atoms with Crippen molar-refractivity contribution in [2.45, 2.75) is 18.2 Å². The lowest BCUT2D eigenvalue weighted by Gasteiger charge is -2.15. The number of hydrogen-bond donors (Lipinski definition) is 1. The lowest BCUT2D eigenvalue weighted by atomic mass is 10.2. The maximum atomic E-state index is 12.1. The largest absolute Gasteiger partial charge is 0.384 e. The summed E-state index contributed by atoms with van der Waals surface area (Å²) >= 11 is 0. The predicted octanol–water partition coefficient (Wildman–Crippen LogP) is 1.67. The van der Waals surface area contributed by atoms with Gasteiger partial charge < -0.3 is 5.32 Å². The molecule has 106 valence electrons. The Morgan fingerprint density at radius 2 is 2.00 bits per heavy atom. The van der Waals surface area contributed by atoms with Crippen LogP contribution in [0.15, 0.2) is 23.1 Å². The standard InChI is InChI=1S/C11H17N3O4S/c1-4-7-12-10-8-9(14(15)16)5-6-11(10)19(17,18)13(2)3/h5-6,8,12H,4,7H2,1-3H3. The number of nitrogens with one attached hydrogen (secondary N) is 1. The van der Waals surface area contributed by atoms with Crippen LogP contribution < -0.4 is 5.32 Å². The molecule has 1 rings (SSSR count). The summed E-state index contributed by atoms with van der Waals surface area (Å²) in [7, 11) is -0.798. The van der Waals surface area contributed by atoms with E-state index in [1.165, 1.54) is 32.3 Å². The number of rotatable bonds is 6. The molecule has 0 saturated heterocycles. The summed E-state index contributed by atoms with van der Waals surface area (Å²) in [5.74, 6) is 0. The van der Waals surface area contributed by atoms with Gasteiger partial charge in [0.15, 0.2) is 0 Å². The fourth-order valence-corrected chi connectivity index (χ4v) is 2.49. The summed E-state index contributed by atoms with van der Waals surface area (Å²) < 4.78 is 25.3. The Balaban J connectivity index is 3.35. The van der Waals surface area contributed by atoms with Gasteiger partial charge in [-0.05, 0) is 12.5 Å². The lowest BCUT2D eigenvalue weighted by molar-refractivity contribution is -0.384. The number of nitrogens with zero attached hydrogens (tertiary/aromatic N) is 2. The highest BCUT2D eigenvalue weighted by atomic mass is 32.2. The van der Waals surface area contributed by atoms with E-state index in [1.807, 2.05) is 6.92 Å². The quantitative estimate of drug-likeness (QED) is 0.634. The van der Waals surface area contributed by atoms with E-state index in [0.717, 1.165) is 10.7 Å². The van der Waals surface area contributed by atoms with Gasteiger partial charge in [0.05, 0.1) is 10.6 Å². The highest BCUT2D eigenvalue weighted by molar-refractivity contribution is 7.89. The Bertz CT molecular complexity index is 569. The second-order valence-corrected chi connectivity index (χ2v) is 6.27. The zero-order valence-electron chi connectivity index (χ0n) is 11.1. The summed E-state index contributed by atoms with van der Waals surface area (Å²) in [6.45, 7) is 2.46. The van der Waals surface area contributed by atoms with Crippen LogP contribution in [0.1, 0.15) is 13.3 Å². The van der Waals surface area contributed by atoms with E-state index in [0.29, 0.717) is 6.54 Å². The van der Waals surface area contributed by atoms with Gasteiger partial charge in [0, 0.05) is 32.8 Å². The maximum Gasteiger partial charge on any atom is 0.271 e. The van der Waals surface area contributed by atoms with Gasteiger partial charge in [-0.15, -0.1) is 0 Å². The number of sulfonamides is 1. The van der Waals surface area contributed by atoms with Gasteiger partial charge in [0.1, 0.15) is 4.90 Å². The Hall–Kier alpha value is -1.67. The number of non-ortho nitro benzene ring substituents is 1. The Morgan fingerprint density at radius 1 is 1.37 bits per heavy atom. The molecule has 0 aromatic heterocycles. The zero-order valence-corrected chi connectivity index (χ0v) is 11.9. The molecule has 1 aromatic rings. The van der Waals surface area contributed by atoms with Gasteiger partial charge in [-0.2, -0.15) is 0 Å². The molecular formula is C11H17N3O4S. The number of anilines is 1. The van der Waals surface area contributed by atoms with Crippen LogP contribution in [-0.2, 0) is 10.0 Å². The van der Waals surface area contributed by atoms with Crippen LogP contribution in [0, 0.1) is 10.1 Å². The third-order valence-corrected chi connectivity index (χ3v) is 4.37. The van der Waals surface area contributed by atoms with Crippen LogP contribution in [0.5, 0.6) is 0 Å². The van der Waals surface area contributed by atoms with E-state index in [1.54, 1.807) is 0 Å². The summed E-state index contributed by atoms with van der Waals surface area (Å²) in [5.41, 5.74) is 0.112. The van der Waals surface area contributed by atoms with Crippen LogP contribution in [0.25, 0.3) is 0 Å². The topological polar surface area (TPSA) is 92.5 Å². The van der Waals surface area contributed by atoms with Crippen molar-refractivity contribution >= 4 is 21.4 Å². The molecule has 0 fully saturated rings. The van der Waals surface area contributed by atoms with Gasteiger partial charge >= 0.3 is 0 Å². The molecule has 0 aliphatic rings. The molecule has 0 aliphatic heterocycles. The van der Waals surface area contributed by atoms with Crippen molar-refractivity contribution in [1.29, 1.82) is 0 Å². The molecule has 1 aromatic carbocycles. The smallest absolute Gasteiger partial charge is 0.271 e. The third-order valence-electron chi connectivity index (χ3n) is 2.50. The van der Waals surface area contributed by atoms with Crippen molar-refractivity contribution in [2.24, 2.45) is 0 Å². The van der Waals surface area contributed by atoms with Crippen LogP contribution in [0.2, 0.25) is 0 Å². The fraction of sp³-hybridized carbons (Fsp3) is 0.455. The molecular weight excluding hydrogens is 270 g/mol. The van der Waals surface area contributed by atoms with Gasteiger partial charge in [0.2, 0.25) is 10.0 Å². The first-order valence-electron chi connectivity index (χ1n) is 5.75. The molecule has 0 amide bonds. The van der Waals surface area contributed by atoms with Crippen molar-refractivity contribution in [3.05, 3.63) is 28.3 Å². The van der Waals surface area contributed by atoms with E-state index in [4.69, 9.17) is 0 Å². The zero-order chi connectivity index (χ0) is 14.6. The lowest BCUT2D eigenvalue weighted by Crippen LogP contribution is -2.23. The molecule has 19 heavy (non-hydrogen) atoms. The number of benzene rings is 1. The van der Waals surface area contributed by atoms with Crippen molar-refractivity contribution < 1.29 is 13.3 Å². The van der Waals surface area contributed by atoms with Gasteiger partial charge in [-0.1, -0.05) is 6.92 Å². The Morgan fingerprint density at radius 3 is 2.47 bits per heavy atom. The molecule has 0 radical (unpaired) electrons. The summed E-state index contributed by atoms with van der Waals surface area (Å²) in [5, 5.41) is 13.6. The van der Waals surface area contributed by atoms with Gasteiger partial charge in [-0.3, -0.25) is 10.1 Å². The number of nitro groups is 1. The summed E-state index contributed by atoms with van der Waals surface area (Å²) in [6.07, 6.45) is 0.782. The van der Waals surface area contributed by atoms with E-state index in [2.05, 4.69) is 5.32 Å². The SMILES string of the molecule is CCCNc1cc([N+](=O)[O-])ccc1S(=O)(=O)N(C)C. The van der Waals surface area contributed by atoms with Crippen molar-refractivity contribution in [1.82, 2.24) is 4.31 Å². The molecule has 8 heteroatoms. The Labute approximate surface area is 112 Å².